The molecule has 0 fully saturated rings. The van der Waals surface area contributed by atoms with Crippen molar-refractivity contribution in [1.82, 2.24) is 19.7 Å². The monoisotopic (exact) mass is 528 g/mol. The molecule has 1 aliphatic rings. The summed E-state index contributed by atoms with van der Waals surface area (Å²) in [5, 5.41) is 8.46. The molecule has 0 bridgehead atoms. The van der Waals surface area contributed by atoms with E-state index in [4.69, 9.17) is 4.74 Å². The molecule has 1 unspecified atom stereocenters. The van der Waals surface area contributed by atoms with Gasteiger partial charge in [0, 0.05) is 11.9 Å². The second-order valence-corrected chi connectivity index (χ2v) is 12.5. The minimum atomic E-state index is -4.02. The van der Waals surface area contributed by atoms with Crippen LogP contribution in [-0.4, -0.2) is 56.2 Å². The van der Waals surface area contributed by atoms with Gasteiger partial charge < -0.3 is 10.1 Å². The summed E-state index contributed by atoms with van der Waals surface area (Å²) in [6.45, 7) is 0. The molecule has 0 saturated heterocycles. The van der Waals surface area contributed by atoms with Crippen LogP contribution in [0.2, 0.25) is 0 Å². The van der Waals surface area contributed by atoms with Gasteiger partial charge in [0.1, 0.15) is 5.75 Å². The molecule has 0 spiro atoms. The number of hydrogen-bond acceptors (Lipinski definition) is 9. The van der Waals surface area contributed by atoms with E-state index < -0.39 is 20.0 Å². The first-order chi connectivity index (χ1) is 17.0. The van der Waals surface area contributed by atoms with Gasteiger partial charge in [0.05, 0.1) is 42.9 Å². The molecule has 0 radical (unpaired) electrons. The molecule has 1 N–H and O–H groups in total. The van der Waals surface area contributed by atoms with E-state index in [1.807, 2.05) is 10.7 Å². The number of sulfonamides is 2. The normalized spacial score (nSPS) is 15.6. The molecule has 5 rings (SSSR count). The zero-order valence-corrected chi connectivity index (χ0v) is 21.4. The number of hydrogen-bond donors (Lipinski definition) is 1. The van der Waals surface area contributed by atoms with Gasteiger partial charge in [0.25, 0.3) is 0 Å². The molecule has 2 aromatic heterocycles. The average Bonchev–Trinajstić information content (AvgIpc) is 3.41. The van der Waals surface area contributed by atoms with E-state index in [1.165, 1.54) is 23.3 Å². The van der Waals surface area contributed by atoms with Crippen molar-refractivity contribution in [3.63, 3.8) is 0 Å². The third kappa shape index (κ3) is 4.46. The third-order valence-electron chi connectivity index (χ3n) is 5.96. The molecule has 0 amide bonds. The first kappa shape index (κ1) is 24.0. The van der Waals surface area contributed by atoms with Gasteiger partial charge in [-0.05, 0) is 60.4 Å². The van der Waals surface area contributed by atoms with Gasteiger partial charge in [-0.2, -0.15) is 13.8 Å². The quantitative estimate of drug-likeness (QED) is 0.384. The summed E-state index contributed by atoms with van der Waals surface area (Å²) in [6, 6.07) is 12.0. The van der Waals surface area contributed by atoms with E-state index in [1.54, 1.807) is 31.6 Å². The molecule has 11 nitrogen and oxygen atoms in total. The topological polar surface area (TPSA) is 136 Å². The van der Waals surface area contributed by atoms with Crippen LogP contribution in [-0.2, 0) is 26.5 Å². The maximum atomic E-state index is 12.0. The maximum absolute atomic E-state index is 12.0. The Balaban J connectivity index is 1.43. The lowest BCUT2D eigenvalue weighted by Gasteiger charge is -2.20. The van der Waals surface area contributed by atoms with Crippen LogP contribution in [0.1, 0.15) is 23.6 Å². The fraction of sp³-hybridized carbons (Fsp3) is 0.261. The van der Waals surface area contributed by atoms with Crippen LogP contribution < -0.4 is 13.8 Å². The van der Waals surface area contributed by atoms with Crippen LogP contribution in [0.25, 0.3) is 11.0 Å². The van der Waals surface area contributed by atoms with Crippen LogP contribution >= 0.6 is 0 Å². The highest BCUT2D eigenvalue weighted by Gasteiger charge is 2.28. The SMILES string of the molecule is COc1ccc2c(c1)CCC2n1ncc2cnc(Nc3ccc(N(S(C)(=O)=O)S(C)(=O)=O)cc3)nc21. The summed E-state index contributed by atoms with van der Waals surface area (Å²) in [7, 11) is -6.39. The number of aromatic nitrogens is 4. The van der Waals surface area contributed by atoms with Crippen molar-refractivity contribution in [2.24, 2.45) is 0 Å². The molecule has 0 saturated carbocycles. The zero-order valence-electron chi connectivity index (χ0n) is 19.8. The lowest BCUT2D eigenvalue weighted by molar-refractivity contribution is 0.414. The summed E-state index contributed by atoms with van der Waals surface area (Å²) in [5.74, 6) is 1.16. The first-order valence-corrected chi connectivity index (χ1v) is 14.7. The van der Waals surface area contributed by atoms with Crippen molar-refractivity contribution >= 4 is 48.4 Å². The Bertz CT molecular complexity index is 1640. The number of benzene rings is 2. The van der Waals surface area contributed by atoms with E-state index in [0.29, 0.717) is 21.0 Å². The lowest BCUT2D eigenvalue weighted by atomic mass is 10.1. The molecule has 0 aliphatic heterocycles. The summed E-state index contributed by atoms with van der Waals surface area (Å²) in [6.07, 6.45) is 6.91. The van der Waals surface area contributed by atoms with Crippen LogP contribution in [0, 0.1) is 0 Å². The number of fused-ring (bicyclic) bond motifs is 2. The highest BCUT2D eigenvalue weighted by molar-refractivity contribution is 8.09. The standard InChI is InChI=1S/C23H24N6O5S2/c1-34-19-9-10-20-15(12-19)4-11-21(20)28-22-16(14-25-28)13-24-23(27-22)26-17-5-7-18(8-6-17)29(35(2,30)31)36(3,32)33/h5-10,12-14,21H,4,11H2,1-3H3,(H,24,26,27). The Morgan fingerprint density at radius 2 is 1.75 bits per heavy atom. The second kappa shape index (κ2) is 8.75. The highest BCUT2D eigenvalue weighted by Crippen LogP contribution is 2.37. The van der Waals surface area contributed by atoms with Gasteiger partial charge >= 0.3 is 0 Å². The number of methoxy groups -OCH3 is 1. The van der Waals surface area contributed by atoms with Crippen LogP contribution in [0.4, 0.5) is 17.3 Å². The summed E-state index contributed by atoms with van der Waals surface area (Å²) < 4.78 is 55.6. The molecule has 188 valence electrons. The molecule has 13 heteroatoms. The molecule has 2 aromatic carbocycles. The molecule has 1 atom stereocenters. The Kier molecular flexibility index (Phi) is 5.83. The van der Waals surface area contributed by atoms with Crippen molar-refractivity contribution in [3.05, 3.63) is 66.0 Å². The molecule has 1 aliphatic carbocycles. The van der Waals surface area contributed by atoms with Crippen LogP contribution in [0.5, 0.6) is 5.75 Å². The summed E-state index contributed by atoms with van der Waals surface area (Å²) in [4.78, 5) is 9.02. The van der Waals surface area contributed by atoms with Gasteiger partial charge in [-0.1, -0.05) is 6.07 Å². The van der Waals surface area contributed by atoms with E-state index >= 15 is 0 Å². The molecular weight excluding hydrogens is 504 g/mol. The third-order valence-corrected chi connectivity index (χ3v) is 9.21. The predicted octanol–water partition coefficient (Wildman–Crippen LogP) is 2.84. The smallest absolute Gasteiger partial charge is 0.245 e. The van der Waals surface area contributed by atoms with Crippen LogP contribution in [0.15, 0.2) is 54.9 Å². The second-order valence-electron chi connectivity index (χ2n) is 8.58. The average molecular weight is 529 g/mol. The van der Waals surface area contributed by atoms with Gasteiger partial charge in [-0.25, -0.2) is 26.5 Å². The number of nitrogens with one attached hydrogen (secondary N) is 1. The van der Waals surface area contributed by atoms with Crippen molar-refractivity contribution in [2.75, 3.05) is 28.6 Å². The van der Waals surface area contributed by atoms with Gasteiger partial charge in [0.15, 0.2) is 5.65 Å². The van der Waals surface area contributed by atoms with E-state index in [-0.39, 0.29) is 11.7 Å². The largest absolute Gasteiger partial charge is 0.497 e. The molecule has 4 aromatic rings. The predicted molar refractivity (Wildman–Crippen MR) is 137 cm³/mol. The Labute approximate surface area is 208 Å². The Hall–Kier alpha value is -3.71. The van der Waals surface area contributed by atoms with Crippen molar-refractivity contribution in [2.45, 2.75) is 18.9 Å². The molecule has 2 heterocycles. The fourth-order valence-electron chi connectivity index (χ4n) is 4.50. The number of ether oxygens (including phenoxy) is 1. The van der Waals surface area contributed by atoms with Gasteiger partial charge in [0.2, 0.25) is 26.0 Å². The van der Waals surface area contributed by atoms with Gasteiger partial charge in [-0.15, -0.1) is 0 Å². The van der Waals surface area contributed by atoms with Crippen molar-refractivity contribution < 1.29 is 21.6 Å². The van der Waals surface area contributed by atoms with Crippen molar-refractivity contribution in [1.29, 1.82) is 0 Å². The first-order valence-electron chi connectivity index (χ1n) is 11.0. The molecular formula is C23H24N6O5S2. The minimum absolute atomic E-state index is 0.0107. The van der Waals surface area contributed by atoms with E-state index in [0.717, 1.165) is 36.5 Å². The van der Waals surface area contributed by atoms with E-state index in [9.17, 15) is 16.8 Å². The van der Waals surface area contributed by atoms with Crippen molar-refractivity contribution in [3.8, 4) is 5.75 Å². The zero-order chi connectivity index (χ0) is 25.7. The maximum Gasteiger partial charge on any atom is 0.245 e. The van der Waals surface area contributed by atoms with Gasteiger partial charge in [-0.3, -0.25) is 0 Å². The minimum Gasteiger partial charge on any atom is -0.497 e. The highest BCUT2D eigenvalue weighted by atomic mass is 32.3. The summed E-state index contributed by atoms with van der Waals surface area (Å²) in [5.41, 5.74) is 3.66. The summed E-state index contributed by atoms with van der Waals surface area (Å²) >= 11 is 0. The molecule has 36 heavy (non-hydrogen) atoms. The Morgan fingerprint density at radius 3 is 2.42 bits per heavy atom. The number of aryl methyl sites for hydroxylation is 1. The van der Waals surface area contributed by atoms with Crippen LogP contribution in [0.3, 0.4) is 0 Å². The fourth-order valence-corrected chi connectivity index (χ4v) is 7.48. The lowest BCUT2D eigenvalue weighted by Crippen LogP contribution is -2.35. The van der Waals surface area contributed by atoms with E-state index in [2.05, 4.69) is 32.5 Å². The number of nitrogens with zero attached hydrogens (tertiary/aromatic N) is 5. The number of anilines is 3. The Morgan fingerprint density at radius 1 is 1.03 bits per heavy atom. The number of rotatable bonds is 7.